The molecule has 0 bridgehead atoms. The molecule has 4 nitrogen and oxygen atoms in total. The molecule has 0 aliphatic rings. The van der Waals surface area contributed by atoms with Crippen molar-refractivity contribution in [3.8, 4) is 0 Å². The number of hydrogen-bond donors (Lipinski definition) is 1. The summed E-state index contributed by atoms with van der Waals surface area (Å²) in [5, 5.41) is 13.9. The summed E-state index contributed by atoms with van der Waals surface area (Å²) in [6, 6.07) is 0. The first kappa shape index (κ1) is 13.5. The van der Waals surface area contributed by atoms with E-state index in [9.17, 15) is 5.11 Å². The Bertz CT molecular complexity index is 301. The smallest absolute Gasteiger partial charge is 0.138 e. The second-order valence-corrected chi connectivity index (χ2v) is 4.82. The molecule has 0 aliphatic heterocycles. The molecule has 0 aliphatic carbocycles. The highest BCUT2D eigenvalue weighted by Gasteiger charge is 2.11. The van der Waals surface area contributed by atoms with Gasteiger partial charge in [-0.1, -0.05) is 13.8 Å². The standard InChI is InChI=1S/C11H20ClN3O/c1-9(2)7-15-11(13-8-14-15)6-10(16)4-3-5-12/h8-10,16H,3-7H2,1-2H3. The molecule has 0 amide bonds. The maximum atomic E-state index is 9.77. The van der Waals surface area contributed by atoms with E-state index in [-0.39, 0.29) is 6.10 Å². The SMILES string of the molecule is CC(C)Cn1ncnc1CC(O)CCCCl. The van der Waals surface area contributed by atoms with E-state index in [1.807, 2.05) is 4.68 Å². The van der Waals surface area contributed by atoms with Crippen molar-refractivity contribution in [3.05, 3.63) is 12.2 Å². The number of nitrogens with zero attached hydrogens (tertiary/aromatic N) is 3. The zero-order chi connectivity index (χ0) is 12.0. The Kier molecular flexibility index (Phi) is 5.77. The van der Waals surface area contributed by atoms with Crippen molar-refractivity contribution in [2.45, 2.75) is 45.8 Å². The lowest BCUT2D eigenvalue weighted by Crippen LogP contribution is -2.17. The lowest BCUT2D eigenvalue weighted by molar-refractivity contribution is 0.159. The van der Waals surface area contributed by atoms with Crippen LogP contribution < -0.4 is 0 Å². The molecule has 1 rings (SSSR count). The number of aliphatic hydroxyl groups excluding tert-OH is 1. The van der Waals surface area contributed by atoms with Gasteiger partial charge in [0.15, 0.2) is 0 Å². The predicted octanol–water partition coefficient (Wildman–Crippen LogP) is 1.86. The molecule has 1 atom stereocenters. The van der Waals surface area contributed by atoms with Crippen molar-refractivity contribution in [3.63, 3.8) is 0 Å². The quantitative estimate of drug-likeness (QED) is 0.746. The van der Waals surface area contributed by atoms with Crippen LogP contribution in [0, 0.1) is 5.92 Å². The Balaban J connectivity index is 2.49. The molecule has 1 unspecified atom stereocenters. The zero-order valence-electron chi connectivity index (χ0n) is 9.93. The van der Waals surface area contributed by atoms with Gasteiger partial charge in [-0.25, -0.2) is 9.67 Å². The van der Waals surface area contributed by atoms with Crippen LogP contribution in [-0.4, -0.2) is 31.9 Å². The van der Waals surface area contributed by atoms with Crippen LogP contribution in [-0.2, 0) is 13.0 Å². The summed E-state index contributed by atoms with van der Waals surface area (Å²) in [6.45, 7) is 5.11. The Morgan fingerprint density at radius 1 is 1.50 bits per heavy atom. The molecule has 0 spiro atoms. The van der Waals surface area contributed by atoms with Crippen molar-refractivity contribution in [2.24, 2.45) is 5.92 Å². The van der Waals surface area contributed by atoms with Crippen LogP contribution in [0.3, 0.4) is 0 Å². The molecule has 1 N–H and O–H groups in total. The van der Waals surface area contributed by atoms with E-state index < -0.39 is 0 Å². The maximum Gasteiger partial charge on any atom is 0.138 e. The van der Waals surface area contributed by atoms with Crippen LogP contribution in [0.25, 0.3) is 0 Å². The molecule has 0 radical (unpaired) electrons. The van der Waals surface area contributed by atoms with Gasteiger partial charge >= 0.3 is 0 Å². The molecule has 1 aromatic rings. The molecule has 0 saturated heterocycles. The molecule has 1 heterocycles. The highest BCUT2D eigenvalue weighted by Crippen LogP contribution is 2.07. The van der Waals surface area contributed by atoms with Crippen LogP contribution >= 0.6 is 11.6 Å². The number of aromatic nitrogens is 3. The van der Waals surface area contributed by atoms with Crippen molar-refractivity contribution >= 4 is 11.6 Å². The summed E-state index contributed by atoms with van der Waals surface area (Å²) >= 11 is 5.58. The van der Waals surface area contributed by atoms with Gasteiger partial charge in [-0.05, 0) is 18.8 Å². The molecule has 16 heavy (non-hydrogen) atoms. The Hall–Kier alpha value is -0.610. The lowest BCUT2D eigenvalue weighted by Gasteiger charge is -2.11. The molecule has 0 fully saturated rings. The highest BCUT2D eigenvalue weighted by molar-refractivity contribution is 6.17. The third kappa shape index (κ3) is 4.49. The first-order valence-corrected chi connectivity index (χ1v) is 6.27. The first-order valence-electron chi connectivity index (χ1n) is 5.74. The Labute approximate surface area is 102 Å². The van der Waals surface area contributed by atoms with Gasteiger partial charge in [0.1, 0.15) is 12.2 Å². The van der Waals surface area contributed by atoms with E-state index in [0.29, 0.717) is 18.2 Å². The monoisotopic (exact) mass is 245 g/mol. The van der Waals surface area contributed by atoms with E-state index in [1.54, 1.807) is 6.33 Å². The minimum absolute atomic E-state index is 0.367. The van der Waals surface area contributed by atoms with E-state index in [1.165, 1.54) is 0 Å². The van der Waals surface area contributed by atoms with Crippen molar-refractivity contribution in [1.82, 2.24) is 14.8 Å². The minimum atomic E-state index is -0.367. The second kappa shape index (κ2) is 6.86. The lowest BCUT2D eigenvalue weighted by atomic mass is 10.1. The Morgan fingerprint density at radius 2 is 2.25 bits per heavy atom. The fourth-order valence-electron chi connectivity index (χ4n) is 1.57. The highest BCUT2D eigenvalue weighted by atomic mass is 35.5. The van der Waals surface area contributed by atoms with Crippen molar-refractivity contribution in [1.29, 1.82) is 0 Å². The molecule has 0 saturated carbocycles. The van der Waals surface area contributed by atoms with Crippen LogP contribution in [0.15, 0.2) is 6.33 Å². The van der Waals surface area contributed by atoms with Gasteiger partial charge in [0.05, 0.1) is 6.10 Å². The van der Waals surface area contributed by atoms with Gasteiger partial charge < -0.3 is 5.11 Å². The predicted molar refractivity (Wildman–Crippen MR) is 64.5 cm³/mol. The Morgan fingerprint density at radius 3 is 2.88 bits per heavy atom. The van der Waals surface area contributed by atoms with E-state index in [2.05, 4.69) is 23.9 Å². The number of aliphatic hydroxyl groups is 1. The number of rotatable bonds is 7. The van der Waals surface area contributed by atoms with Gasteiger partial charge in [-0.15, -0.1) is 11.6 Å². The van der Waals surface area contributed by atoms with E-state index in [0.717, 1.165) is 25.2 Å². The van der Waals surface area contributed by atoms with Gasteiger partial charge in [0.2, 0.25) is 0 Å². The average molecular weight is 246 g/mol. The molecule has 1 aromatic heterocycles. The molecule has 92 valence electrons. The summed E-state index contributed by atoms with van der Waals surface area (Å²) in [6.07, 6.45) is 3.29. The van der Waals surface area contributed by atoms with Gasteiger partial charge in [-0.2, -0.15) is 5.10 Å². The van der Waals surface area contributed by atoms with E-state index >= 15 is 0 Å². The summed E-state index contributed by atoms with van der Waals surface area (Å²) < 4.78 is 1.87. The van der Waals surface area contributed by atoms with Crippen LogP contribution in [0.5, 0.6) is 0 Å². The van der Waals surface area contributed by atoms with Crippen LogP contribution in [0.1, 0.15) is 32.5 Å². The third-order valence-corrected chi connectivity index (χ3v) is 2.59. The zero-order valence-corrected chi connectivity index (χ0v) is 10.7. The van der Waals surface area contributed by atoms with E-state index in [4.69, 9.17) is 11.6 Å². The first-order chi connectivity index (χ1) is 7.63. The van der Waals surface area contributed by atoms with Crippen LogP contribution in [0.4, 0.5) is 0 Å². The third-order valence-electron chi connectivity index (χ3n) is 2.32. The summed E-state index contributed by atoms with van der Waals surface area (Å²) in [4.78, 5) is 4.18. The fourth-order valence-corrected chi connectivity index (χ4v) is 1.72. The molecule has 0 aromatic carbocycles. The normalized spacial score (nSPS) is 13.3. The van der Waals surface area contributed by atoms with Gasteiger partial charge in [-0.3, -0.25) is 0 Å². The summed E-state index contributed by atoms with van der Waals surface area (Å²) in [7, 11) is 0. The number of hydrogen-bond acceptors (Lipinski definition) is 3. The largest absolute Gasteiger partial charge is 0.393 e. The maximum absolute atomic E-state index is 9.77. The second-order valence-electron chi connectivity index (χ2n) is 4.44. The van der Waals surface area contributed by atoms with Gasteiger partial charge in [0, 0.05) is 18.8 Å². The molecule has 5 heteroatoms. The fraction of sp³-hybridized carbons (Fsp3) is 0.818. The number of halogens is 1. The summed E-state index contributed by atoms with van der Waals surface area (Å²) in [5.41, 5.74) is 0. The topological polar surface area (TPSA) is 50.9 Å². The molecular formula is C11H20ClN3O. The van der Waals surface area contributed by atoms with Crippen LogP contribution in [0.2, 0.25) is 0 Å². The van der Waals surface area contributed by atoms with Gasteiger partial charge in [0.25, 0.3) is 0 Å². The molecular weight excluding hydrogens is 226 g/mol. The van der Waals surface area contributed by atoms with Crippen molar-refractivity contribution in [2.75, 3.05) is 5.88 Å². The number of alkyl halides is 1. The minimum Gasteiger partial charge on any atom is -0.393 e. The van der Waals surface area contributed by atoms with Crippen molar-refractivity contribution < 1.29 is 5.11 Å². The average Bonchev–Trinajstić information content (AvgIpc) is 2.62. The summed E-state index contributed by atoms with van der Waals surface area (Å²) in [5.74, 6) is 1.98.